The molecule has 0 bridgehead atoms. The maximum absolute atomic E-state index is 12.5. The molecule has 1 fully saturated rings. The number of anilines is 1. The molecule has 1 saturated heterocycles. The van der Waals surface area contributed by atoms with E-state index in [1.165, 1.54) is 0 Å². The number of benzene rings is 1. The number of nitrogens with one attached hydrogen (secondary N) is 1. The fourth-order valence-corrected chi connectivity index (χ4v) is 2.54. The molecule has 1 aromatic rings. The van der Waals surface area contributed by atoms with Crippen molar-refractivity contribution in [2.75, 3.05) is 18.4 Å². The van der Waals surface area contributed by atoms with Gasteiger partial charge < -0.3 is 20.7 Å². The Morgan fingerprint density at radius 2 is 2.24 bits per heavy atom. The molecule has 114 valence electrons. The number of fused-ring (bicyclic) bond motifs is 1. The summed E-state index contributed by atoms with van der Waals surface area (Å²) in [6.45, 7) is 2.88. The van der Waals surface area contributed by atoms with Gasteiger partial charge in [0.15, 0.2) is 11.9 Å². The van der Waals surface area contributed by atoms with E-state index in [-0.39, 0.29) is 30.3 Å². The normalized spacial score (nSPS) is 23.7. The van der Waals surface area contributed by atoms with Crippen LogP contribution in [0, 0.1) is 0 Å². The second kappa shape index (κ2) is 5.91. The van der Waals surface area contributed by atoms with Crippen LogP contribution in [0.1, 0.15) is 23.7 Å². The zero-order chi connectivity index (χ0) is 14.3. The second-order valence-electron chi connectivity index (χ2n) is 5.23. The number of ether oxygens (including phenoxy) is 1. The summed E-state index contributed by atoms with van der Waals surface area (Å²) >= 11 is 0. The third kappa shape index (κ3) is 2.82. The van der Waals surface area contributed by atoms with E-state index in [9.17, 15) is 9.59 Å². The van der Waals surface area contributed by atoms with Crippen LogP contribution in [0.4, 0.5) is 5.69 Å². The third-order valence-electron chi connectivity index (χ3n) is 3.68. The monoisotopic (exact) mass is 311 g/mol. The molecule has 2 heterocycles. The lowest BCUT2D eigenvalue weighted by molar-refractivity contribution is -0.122. The Hall–Kier alpha value is -1.79. The highest BCUT2D eigenvalue weighted by Gasteiger charge is 2.31. The Morgan fingerprint density at radius 3 is 2.90 bits per heavy atom. The molecule has 2 aliphatic rings. The van der Waals surface area contributed by atoms with Crippen LogP contribution in [0.3, 0.4) is 0 Å². The topological polar surface area (TPSA) is 84.7 Å². The van der Waals surface area contributed by atoms with Gasteiger partial charge in [0.25, 0.3) is 11.8 Å². The summed E-state index contributed by atoms with van der Waals surface area (Å²) in [5.74, 6) is 0.147. The standard InChI is InChI=1S/C14H17N3O3.ClH/c1-8-13(18)16-11-4-2-3-10(12(11)20-8)14(19)17-6-5-9(15)7-17;/h2-4,8-9H,5-7,15H2,1H3,(H,16,18);1H/t8?,9-;/m1./s1. The van der Waals surface area contributed by atoms with E-state index < -0.39 is 6.10 Å². The van der Waals surface area contributed by atoms with Gasteiger partial charge in [-0.1, -0.05) is 6.07 Å². The zero-order valence-electron chi connectivity index (χ0n) is 11.7. The molecule has 1 aromatic carbocycles. The van der Waals surface area contributed by atoms with Crippen LogP contribution in [-0.2, 0) is 4.79 Å². The number of hydrogen-bond donors (Lipinski definition) is 2. The average molecular weight is 312 g/mol. The molecule has 0 saturated carbocycles. The molecule has 0 aromatic heterocycles. The number of amides is 2. The maximum Gasteiger partial charge on any atom is 0.265 e. The third-order valence-corrected chi connectivity index (χ3v) is 3.68. The van der Waals surface area contributed by atoms with Crippen LogP contribution in [0.15, 0.2) is 18.2 Å². The Kier molecular flexibility index (Phi) is 4.39. The molecular formula is C14H18ClN3O3. The lowest BCUT2D eigenvalue weighted by Gasteiger charge is -2.26. The molecule has 2 aliphatic heterocycles. The number of para-hydroxylation sites is 1. The van der Waals surface area contributed by atoms with E-state index in [4.69, 9.17) is 10.5 Å². The summed E-state index contributed by atoms with van der Waals surface area (Å²) in [5.41, 5.74) is 6.86. The Bertz CT molecular complexity index is 579. The van der Waals surface area contributed by atoms with Crippen molar-refractivity contribution in [3.8, 4) is 5.75 Å². The molecule has 0 spiro atoms. The Balaban J connectivity index is 0.00000161. The highest BCUT2D eigenvalue weighted by Crippen LogP contribution is 2.34. The predicted molar refractivity (Wildman–Crippen MR) is 80.9 cm³/mol. The lowest BCUT2D eigenvalue weighted by Crippen LogP contribution is -2.37. The van der Waals surface area contributed by atoms with Gasteiger partial charge in [-0.25, -0.2) is 0 Å². The fraction of sp³-hybridized carbons (Fsp3) is 0.429. The van der Waals surface area contributed by atoms with Crippen molar-refractivity contribution in [3.63, 3.8) is 0 Å². The van der Waals surface area contributed by atoms with Gasteiger partial charge in [-0.05, 0) is 25.5 Å². The summed E-state index contributed by atoms with van der Waals surface area (Å²) < 4.78 is 5.59. The van der Waals surface area contributed by atoms with Crippen LogP contribution in [-0.4, -0.2) is 41.9 Å². The minimum absolute atomic E-state index is 0. The summed E-state index contributed by atoms with van der Waals surface area (Å²) in [6, 6.07) is 5.22. The van der Waals surface area contributed by atoms with Crippen molar-refractivity contribution in [1.82, 2.24) is 4.90 Å². The minimum Gasteiger partial charge on any atom is -0.478 e. The van der Waals surface area contributed by atoms with Gasteiger partial charge in [0.1, 0.15) is 0 Å². The van der Waals surface area contributed by atoms with Crippen LogP contribution < -0.4 is 15.8 Å². The molecular weight excluding hydrogens is 294 g/mol. The van der Waals surface area contributed by atoms with E-state index in [1.807, 2.05) is 0 Å². The lowest BCUT2D eigenvalue weighted by atomic mass is 10.1. The summed E-state index contributed by atoms with van der Waals surface area (Å²) in [7, 11) is 0. The maximum atomic E-state index is 12.5. The number of hydrogen-bond acceptors (Lipinski definition) is 4. The average Bonchev–Trinajstić information content (AvgIpc) is 2.85. The number of halogens is 1. The number of rotatable bonds is 1. The predicted octanol–water partition coefficient (Wildman–Crippen LogP) is 1.00. The zero-order valence-corrected chi connectivity index (χ0v) is 12.5. The van der Waals surface area contributed by atoms with E-state index in [1.54, 1.807) is 30.0 Å². The Morgan fingerprint density at radius 1 is 1.48 bits per heavy atom. The van der Waals surface area contributed by atoms with E-state index in [2.05, 4.69) is 5.32 Å². The van der Waals surface area contributed by atoms with Gasteiger partial charge in [-0.2, -0.15) is 0 Å². The van der Waals surface area contributed by atoms with Gasteiger partial charge in [-0.15, -0.1) is 12.4 Å². The molecule has 0 radical (unpaired) electrons. The number of likely N-dealkylation sites (tertiary alicyclic amines) is 1. The summed E-state index contributed by atoms with van der Waals surface area (Å²) in [5, 5.41) is 2.74. The molecule has 3 rings (SSSR count). The van der Waals surface area contributed by atoms with Gasteiger partial charge in [0, 0.05) is 19.1 Å². The van der Waals surface area contributed by atoms with E-state index in [0.717, 1.165) is 6.42 Å². The summed E-state index contributed by atoms with van der Waals surface area (Å²) in [6.07, 6.45) is 0.215. The van der Waals surface area contributed by atoms with Crippen molar-refractivity contribution < 1.29 is 14.3 Å². The number of carbonyl (C=O) groups is 2. The first-order valence-corrected chi connectivity index (χ1v) is 6.71. The number of nitrogens with two attached hydrogens (primary N) is 1. The molecule has 1 unspecified atom stereocenters. The largest absolute Gasteiger partial charge is 0.478 e. The van der Waals surface area contributed by atoms with Gasteiger partial charge in [0.05, 0.1) is 11.3 Å². The van der Waals surface area contributed by atoms with Crippen LogP contribution in [0.25, 0.3) is 0 Å². The highest BCUT2D eigenvalue weighted by molar-refractivity contribution is 6.04. The van der Waals surface area contributed by atoms with Crippen LogP contribution >= 0.6 is 12.4 Å². The van der Waals surface area contributed by atoms with Crippen molar-refractivity contribution in [2.24, 2.45) is 5.73 Å². The first-order chi connectivity index (χ1) is 9.56. The molecule has 21 heavy (non-hydrogen) atoms. The Labute approximate surface area is 129 Å². The van der Waals surface area contributed by atoms with Crippen LogP contribution in [0.2, 0.25) is 0 Å². The molecule has 3 N–H and O–H groups in total. The molecule has 7 heteroatoms. The van der Waals surface area contributed by atoms with Gasteiger partial charge in [0.2, 0.25) is 0 Å². The van der Waals surface area contributed by atoms with Crippen molar-refractivity contribution >= 4 is 29.9 Å². The van der Waals surface area contributed by atoms with E-state index >= 15 is 0 Å². The van der Waals surface area contributed by atoms with E-state index in [0.29, 0.717) is 30.1 Å². The van der Waals surface area contributed by atoms with Gasteiger partial charge >= 0.3 is 0 Å². The molecule has 6 nitrogen and oxygen atoms in total. The smallest absolute Gasteiger partial charge is 0.265 e. The van der Waals surface area contributed by atoms with Crippen molar-refractivity contribution in [2.45, 2.75) is 25.5 Å². The molecule has 0 aliphatic carbocycles. The quantitative estimate of drug-likeness (QED) is 0.810. The SMILES string of the molecule is CC1Oc2c(cccc2C(=O)N2CC[C@@H](N)C2)NC1=O.Cl. The first-order valence-electron chi connectivity index (χ1n) is 6.71. The van der Waals surface area contributed by atoms with Crippen molar-refractivity contribution in [3.05, 3.63) is 23.8 Å². The fourth-order valence-electron chi connectivity index (χ4n) is 2.54. The highest BCUT2D eigenvalue weighted by atomic mass is 35.5. The summed E-state index contributed by atoms with van der Waals surface area (Å²) in [4.78, 5) is 25.8. The number of carbonyl (C=O) groups excluding carboxylic acids is 2. The van der Waals surface area contributed by atoms with Crippen LogP contribution in [0.5, 0.6) is 5.75 Å². The van der Waals surface area contributed by atoms with Crippen molar-refractivity contribution in [1.29, 1.82) is 0 Å². The van der Waals surface area contributed by atoms with Gasteiger partial charge in [-0.3, -0.25) is 9.59 Å². The first kappa shape index (κ1) is 15.6. The molecule has 2 atom stereocenters. The second-order valence-corrected chi connectivity index (χ2v) is 5.23. The molecule has 2 amide bonds. The number of nitrogens with zero attached hydrogens (tertiary/aromatic N) is 1. The minimum atomic E-state index is -0.600.